The Hall–Kier alpha value is -5.36. The number of nitrogens with one attached hydrogen (secondary N) is 1. The molecule has 12 heteroatoms. The summed E-state index contributed by atoms with van der Waals surface area (Å²) in [6.07, 6.45) is 4.66. The molecular formula is C33H30FN7O4. The quantitative estimate of drug-likeness (QED) is 0.200. The highest BCUT2D eigenvalue weighted by atomic mass is 19.1. The number of pyridine rings is 2. The number of nitrogens with zero attached hydrogens (tertiary/aromatic N) is 5. The van der Waals surface area contributed by atoms with Crippen LogP contribution < -0.4 is 15.8 Å². The van der Waals surface area contributed by atoms with Crippen molar-refractivity contribution in [1.82, 2.24) is 25.1 Å². The zero-order valence-corrected chi connectivity index (χ0v) is 24.8. The number of aryl methyl sites for hydroxylation is 1. The lowest BCUT2D eigenvalue weighted by molar-refractivity contribution is -0.123. The van der Waals surface area contributed by atoms with Crippen LogP contribution in [0.4, 0.5) is 16.0 Å². The van der Waals surface area contributed by atoms with Crippen LogP contribution >= 0.6 is 0 Å². The van der Waals surface area contributed by atoms with E-state index in [1.165, 1.54) is 24.5 Å². The fourth-order valence-corrected chi connectivity index (χ4v) is 5.34. The fraction of sp³-hybridized carbons (Fsp3) is 0.242. The molecule has 0 unspecified atom stereocenters. The molecule has 1 amide bonds. The van der Waals surface area contributed by atoms with Gasteiger partial charge in [0.1, 0.15) is 34.9 Å². The molecular weight excluding hydrogens is 577 g/mol. The maximum atomic E-state index is 13.7. The standard InChI is InChI=1S/C33H30FN7O4/c1-18-12-21-13-20(14-24(27(21)37-16-18)39-31-36-10-11-38-41-31)25(42)8-9-33(3,44)26-15-23-29(45-17-32(23,2)30(35)43)28(40-26)19-4-6-22(34)7-5-19/h4-7,10-16,44H,8-9,17H2,1-3H3,(H2,35,43)(H,36,39,41)/t32-,33-/m0/s1. The first-order chi connectivity index (χ1) is 21.4. The minimum Gasteiger partial charge on any atom is -0.489 e. The number of nitrogens with two attached hydrogens (primary N) is 1. The smallest absolute Gasteiger partial charge is 0.247 e. The summed E-state index contributed by atoms with van der Waals surface area (Å²) in [6, 6.07) is 12.6. The Morgan fingerprint density at radius 1 is 1.13 bits per heavy atom. The first-order valence-electron chi connectivity index (χ1n) is 14.3. The van der Waals surface area contributed by atoms with E-state index >= 15 is 0 Å². The van der Waals surface area contributed by atoms with Crippen LogP contribution in [0.5, 0.6) is 5.75 Å². The minimum atomic E-state index is -1.60. The summed E-state index contributed by atoms with van der Waals surface area (Å²) in [5.41, 5.74) is 7.05. The lowest BCUT2D eigenvalue weighted by Gasteiger charge is -2.26. The summed E-state index contributed by atoms with van der Waals surface area (Å²) in [4.78, 5) is 39.5. The number of ketones is 1. The highest BCUT2D eigenvalue weighted by molar-refractivity contribution is 6.03. The Labute approximate surface area is 257 Å². The maximum absolute atomic E-state index is 13.7. The number of aliphatic hydroxyl groups is 1. The van der Waals surface area contributed by atoms with Crippen LogP contribution in [-0.4, -0.2) is 48.6 Å². The second-order valence-corrected chi connectivity index (χ2v) is 11.6. The monoisotopic (exact) mass is 607 g/mol. The highest BCUT2D eigenvalue weighted by Crippen LogP contribution is 2.46. The van der Waals surface area contributed by atoms with Gasteiger partial charge in [-0.2, -0.15) is 5.10 Å². The molecule has 1 aliphatic heterocycles. The number of carbonyl (C=O) groups is 2. The molecule has 0 fully saturated rings. The molecule has 4 heterocycles. The van der Waals surface area contributed by atoms with E-state index in [1.807, 2.05) is 13.0 Å². The van der Waals surface area contributed by atoms with Crippen LogP contribution in [0.15, 0.2) is 67.1 Å². The molecule has 228 valence electrons. The lowest BCUT2D eigenvalue weighted by atomic mass is 9.81. The zero-order valence-electron chi connectivity index (χ0n) is 24.8. The van der Waals surface area contributed by atoms with Crippen LogP contribution in [-0.2, 0) is 15.8 Å². The number of amides is 1. The Kier molecular flexibility index (Phi) is 7.45. The summed E-state index contributed by atoms with van der Waals surface area (Å²) in [5, 5.41) is 23.4. The second kappa shape index (κ2) is 11.3. The van der Waals surface area contributed by atoms with Crippen LogP contribution in [0.3, 0.4) is 0 Å². The minimum absolute atomic E-state index is 0.00558. The van der Waals surface area contributed by atoms with Gasteiger partial charge in [0.25, 0.3) is 0 Å². The average molecular weight is 608 g/mol. The molecule has 4 N–H and O–H groups in total. The number of primary amides is 1. The number of anilines is 2. The van der Waals surface area contributed by atoms with Crippen molar-refractivity contribution in [2.45, 2.75) is 44.6 Å². The lowest BCUT2D eigenvalue weighted by Crippen LogP contribution is -2.40. The van der Waals surface area contributed by atoms with Crippen molar-refractivity contribution in [1.29, 1.82) is 0 Å². The number of fused-ring (bicyclic) bond motifs is 2. The SMILES string of the molecule is Cc1cnc2c(Nc3nccnn3)cc(C(=O)CC[C@](C)(O)c3cc4c(c(-c5ccc(F)cc5)n3)OC[C@]4(C)C(N)=O)cc2c1. The van der Waals surface area contributed by atoms with Gasteiger partial charge in [0.15, 0.2) is 5.78 Å². The van der Waals surface area contributed by atoms with Gasteiger partial charge in [-0.3, -0.25) is 14.6 Å². The van der Waals surface area contributed by atoms with E-state index < -0.39 is 22.7 Å². The number of aromatic nitrogens is 5. The average Bonchev–Trinajstić information content (AvgIpc) is 3.38. The Bertz CT molecular complexity index is 1950. The van der Waals surface area contributed by atoms with Gasteiger partial charge < -0.3 is 20.9 Å². The number of benzene rings is 2. The molecule has 0 aliphatic carbocycles. The van der Waals surface area contributed by atoms with Gasteiger partial charge in [-0.15, -0.1) is 5.10 Å². The fourth-order valence-electron chi connectivity index (χ4n) is 5.34. The molecule has 6 rings (SSSR count). The van der Waals surface area contributed by atoms with Gasteiger partial charge in [-0.25, -0.2) is 14.4 Å². The van der Waals surface area contributed by atoms with Crippen molar-refractivity contribution >= 4 is 34.2 Å². The van der Waals surface area contributed by atoms with Crippen molar-refractivity contribution in [3.05, 3.63) is 95.3 Å². The third kappa shape index (κ3) is 5.67. The summed E-state index contributed by atoms with van der Waals surface area (Å²) >= 11 is 0. The van der Waals surface area contributed by atoms with E-state index in [0.717, 1.165) is 10.9 Å². The third-order valence-electron chi connectivity index (χ3n) is 8.10. The Balaban J connectivity index is 1.33. The number of hydrogen-bond acceptors (Lipinski definition) is 10. The number of rotatable bonds is 9. The Morgan fingerprint density at radius 3 is 2.62 bits per heavy atom. The van der Waals surface area contributed by atoms with Gasteiger partial charge in [0.05, 0.1) is 29.3 Å². The van der Waals surface area contributed by atoms with Crippen LogP contribution in [0.2, 0.25) is 0 Å². The van der Waals surface area contributed by atoms with E-state index in [1.54, 1.807) is 50.4 Å². The normalized spacial score (nSPS) is 16.9. The maximum Gasteiger partial charge on any atom is 0.247 e. The van der Waals surface area contributed by atoms with Crippen molar-refractivity contribution in [2.75, 3.05) is 11.9 Å². The molecule has 3 aromatic heterocycles. The summed E-state index contributed by atoms with van der Waals surface area (Å²) < 4.78 is 19.6. The molecule has 45 heavy (non-hydrogen) atoms. The first kappa shape index (κ1) is 29.7. The highest BCUT2D eigenvalue weighted by Gasteiger charge is 2.45. The van der Waals surface area contributed by atoms with Crippen molar-refractivity contribution < 1.29 is 23.8 Å². The van der Waals surface area contributed by atoms with E-state index in [-0.39, 0.29) is 36.9 Å². The van der Waals surface area contributed by atoms with Crippen molar-refractivity contribution in [3.63, 3.8) is 0 Å². The van der Waals surface area contributed by atoms with Crippen LogP contribution in [0.1, 0.15) is 53.9 Å². The van der Waals surface area contributed by atoms with Crippen LogP contribution in [0.25, 0.3) is 22.2 Å². The van der Waals surface area contributed by atoms with Crippen molar-refractivity contribution in [2.24, 2.45) is 5.73 Å². The molecule has 0 bridgehead atoms. The van der Waals surface area contributed by atoms with E-state index in [4.69, 9.17) is 15.5 Å². The topological polar surface area (TPSA) is 166 Å². The number of Topliss-reactive ketones (excluding diaryl/α,β-unsaturated/α-hetero) is 1. The Morgan fingerprint density at radius 2 is 1.91 bits per heavy atom. The molecule has 0 spiro atoms. The molecule has 5 aromatic rings. The number of ether oxygens (including phenoxy) is 1. The second-order valence-electron chi connectivity index (χ2n) is 11.6. The predicted octanol–water partition coefficient (Wildman–Crippen LogP) is 4.68. The predicted molar refractivity (Wildman–Crippen MR) is 164 cm³/mol. The molecule has 11 nitrogen and oxygen atoms in total. The first-order valence-corrected chi connectivity index (χ1v) is 14.3. The van der Waals surface area contributed by atoms with Gasteiger partial charge in [-0.1, -0.05) is 0 Å². The number of hydrogen-bond donors (Lipinski definition) is 3. The molecule has 0 radical (unpaired) electrons. The summed E-state index contributed by atoms with van der Waals surface area (Å²) in [7, 11) is 0. The number of carbonyl (C=O) groups excluding carboxylic acids is 2. The molecule has 0 saturated carbocycles. The van der Waals surface area contributed by atoms with E-state index in [9.17, 15) is 19.1 Å². The molecule has 0 saturated heterocycles. The van der Waals surface area contributed by atoms with E-state index in [2.05, 4.69) is 25.5 Å². The number of halogens is 1. The molecule has 2 aromatic carbocycles. The molecule has 2 atom stereocenters. The summed E-state index contributed by atoms with van der Waals surface area (Å²) in [5.74, 6) is -0.651. The van der Waals surface area contributed by atoms with Gasteiger partial charge >= 0.3 is 0 Å². The summed E-state index contributed by atoms with van der Waals surface area (Å²) in [6.45, 7) is 5.12. The van der Waals surface area contributed by atoms with Crippen LogP contribution in [0, 0.1) is 12.7 Å². The van der Waals surface area contributed by atoms with Gasteiger partial charge in [-0.05, 0) is 81.3 Å². The van der Waals surface area contributed by atoms with Gasteiger partial charge in [0.2, 0.25) is 11.9 Å². The zero-order chi connectivity index (χ0) is 31.9. The third-order valence-corrected chi connectivity index (χ3v) is 8.10. The molecule has 1 aliphatic rings. The van der Waals surface area contributed by atoms with Crippen molar-refractivity contribution in [3.8, 4) is 17.0 Å². The van der Waals surface area contributed by atoms with Gasteiger partial charge in [0, 0.05) is 34.7 Å². The largest absolute Gasteiger partial charge is 0.489 e. The van der Waals surface area contributed by atoms with E-state index in [0.29, 0.717) is 39.3 Å².